The monoisotopic (exact) mass is 363 g/mol. The molecule has 1 aliphatic rings. The lowest BCUT2D eigenvalue weighted by molar-refractivity contribution is 0.267. The fourth-order valence-corrected chi connectivity index (χ4v) is 5.76. The van der Waals surface area contributed by atoms with Gasteiger partial charge in [-0.25, -0.2) is 8.78 Å². The summed E-state index contributed by atoms with van der Waals surface area (Å²) in [7, 11) is -1.50. The standard InChI is InChI=1S/C19H23F2N3S/c1-3-12-23-13-22-24(14-23)15-25(2,18-8-4-16(20)5-9-18)19-10-6-17(21)7-11-19/h4-11,13H,3,12,14-15H2,1-2H3. The zero-order valence-corrected chi connectivity index (χ0v) is 15.3. The number of hydrazone groups is 1. The first kappa shape index (κ1) is 17.7. The van der Waals surface area contributed by atoms with Gasteiger partial charge in [-0.2, -0.15) is 15.1 Å². The number of hydrogen-bond donors (Lipinski definition) is 0. The van der Waals surface area contributed by atoms with Gasteiger partial charge in [0.05, 0.1) is 5.88 Å². The van der Waals surface area contributed by atoms with Gasteiger partial charge in [0, 0.05) is 6.54 Å². The van der Waals surface area contributed by atoms with Crippen molar-refractivity contribution < 1.29 is 8.78 Å². The van der Waals surface area contributed by atoms with Crippen LogP contribution in [0.1, 0.15) is 13.3 Å². The first-order chi connectivity index (χ1) is 12.0. The van der Waals surface area contributed by atoms with Crippen LogP contribution in [0.4, 0.5) is 8.78 Å². The van der Waals surface area contributed by atoms with Gasteiger partial charge in [0.15, 0.2) is 0 Å². The second-order valence-electron chi connectivity index (χ2n) is 6.32. The number of hydrogen-bond acceptors (Lipinski definition) is 3. The average Bonchev–Trinajstić information content (AvgIpc) is 3.03. The van der Waals surface area contributed by atoms with Gasteiger partial charge >= 0.3 is 0 Å². The fraction of sp³-hybridized carbons (Fsp3) is 0.316. The molecule has 0 amide bonds. The Morgan fingerprint density at radius 3 is 1.96 bits per heavy atom. The number of benzene rings is 2. The molecule has 0 fully saturated rings. The second kappa shape index (κ2) is 7.44. The van der Waals surface area contributed by atoms with Crippen molar-refractivity contribution >= 4 is 16.4 Å². The molecular formula is C19H23F2N3S. The largest absolute Gasteiger partial charge is 0.342 e. The predicted molar refractivity (Wildman–Crippen MR) is 99.9 cm³/mol. The molecule has 0 aliphatic carbocycles. The lowest BCUT2D eigenvalue weighted by Gasteiger charge is -2.39. The Labute approximate surface area is 149 Å². The van der Waals surface area contributed by atoms with Crippen molar-refractivity contribution in [3.63, 3.8) is 0 Å². The third-order valence-electron chi connectivity index (χ3n) is 4.31. The number of rotatable bonds is 6. The van der Waals surface area contributed by atoms with Crippen molar-refractivity contribution in [1.29, 1.82) is 0 Å². The van der Waals surface area contributed by atoms with Gasteiger partial charge in [0.25, 0.3) is 0 Å². The quantitative estimate of drug-likeness (QED) is 0.741. The second-order valence-corrected chi connectivity index (χ2v) is 9.69. The van der Waals surface area contributed by atoms with Crippen LogP contribution < -0.4 is 0 Å². The zero-order chi connectivity index (χ0) is 17.9. The summed E-state index contributed by atoms with van der Waals surface area (Å²) in [4.78, 5) is 4.30. The molecule has 0 bridgehead atoms. The van der Waals surface area contributed by atoms with E-state index >= 15 is 0 Å². The Morgan fingerprint density at radius 2 is 1.48 bits per heavy atom. The third kappa shape index (κ3) is 3.95. The summed E-state index contributed by atoms with van der Waals surface area (Å²) in [5.41, 5.74) is 0. The maximum Gasteiger partial charge on any atom is 0.123 e. The molecule has 0 saturated carbocycles. The van der Waals surface area contributed by atoms with Crippen LogP contribution in [0.25, 0.3) is 0 Å². The van der Waals surface area contributed by atoms with Crippen LogP contribution in [0.3, 0.4) is 0 Å². The zero-order valence-electron chi connectivity index (χ0n) is 14.5. The Kier molecular flexibility index (Phi) is 5.27. The van der Waals surface area contributed by atoms with E-state index < -0.39 is 10.0 Å². The molecule has 2 aromatic rings. The highest BCUT2D eigenvalue weighted by Crippen LogP contribution is 2.60. The summed E-state index contributed by atoms with van der Waals surface area (Å²) in [5.74, 6) is 0.205. The van der Waals surface area contributed by atoms with E-state index in [0.717, 1.165) is 29.4 Å². The van der Waals surface area contributed by atoms with Crippen LogP contribution in [0.2, 0.25) is 0 Å². The minimum absolute atomic E-state index is 0.252. The predicted octanol–water partition coefficient (Wildman–Crippen LogP) is 4.70. The minimum Gasteiger partial charge on any atom is -0.342 e. The van der Waals surface area contributed by atoms with E-state index in [1.807, 2.05) is 35.6 Å². The lowest BCUT2D eigenvalue weighted by atomic mass is 10.3. The molecular weight excluding hydrogens is 340 g/mol. The molecule has 0 aromatic heterocycles. The molecule has 1 heterocycles. The molecule has 1 aliphatic heterocycles. The van der Waals surface area contributed by atoms with Crippen LogP contribution in [0.5, 0.6) is 0 Å². The topological polar surface area (TPSA) is 18.8 Å². The Morgan fingerprint density at radius 1 is 0.960 bits per heavy atom. The van der Waals surface area contributed by atoms with Crippen LogP contribution in [-0.4, -0.2) is 41.6 Å². The van der Waals surface area contributed by atoms with Crippen molar-refractivity contribution in [2.24, 2.45) is 5.10 Å². The molecule has 0 unspecified atom stereocenters. The van der Waals surface area contributed by atoms with E-state index in [-0.39, 0.29) is 11.6 Å². The molecule has 134 valence electrons. The van der Waals surface area contributed by atoms with Crippen molar-refractivity contribution in [3.8, 4) is 0 Å². The first-order valence-electron chi connectivity index (χ1n) is 8.31. The van der Waals surface area contributed by atoms with Crippen LogP contribution in [0.15, 0.2) is 63.4 Å². The van der Waals surface area contributed by atoms with Crippen molar-refractivity contribution in [3.05, 3.63) is 60.2 Å². The van der Waals surface area contributed by atoms with Gasteiger partial charge in [-0.1, -0.05) is 6.92 Å². The van der Waals surface area contributed by atoms with Gasteiger partial charge in [0.1, 0.15) is 24.6 Å². The maximum absolute atomic E-state index is 13.4. The molecule has 3 rings (SSSR count). The van der Waals surface area contributed by atoms with E-state index in [0.29, 0.717) is 5.88 Å². The Balaban J connectivity index is 1.91. The summed E-state index contributed by atoms with van der Waals surface area (Å²) in [6, 6.07) is 13.3. The van der Waals surface area contributed by atoms with Gasteiger partial charge in [-0.15, -0.1) is 0 Å². The first-order valence-corrected chi connectivity index (χ1v) is 10.5. The minimum atomic E-state index is -1.50. The van der Waals surface area contributed by atoms with E-state index in [9.17, 15) is 8.78 Å². The number of halogens is 2. The molecule has 0 saturated heterocycles. The van der Waals surface area contributed by atoms with E-state index in [2.05, 4.69) is 23.2 Å². The molecule has 6 heteroatoms. The van der Waals surface area contributed by atoms with Gasteiger partial charge in [0.2, 0.25) is 0 Å². The normalized spacial score (nSPS) is 15.0. The SMILES string of the molecule is CCCN1C=NN(CS(C)(c2ccc(F)cc2)c2ccc(F)cc2)C1. The lowest BCUT2D eigenvalue weighted by Crippen LogP contribution is -2.29. The van der Waals surface area contributed by atoms with Crippen LogP contribution in [-0.2, 0) is 0 Å². The maximum atomic E-state index is 13.4. The molecule has 0 atom stereocenters. The number of nitrogens with zero attached hydrogens (tertiary/aromatic N) is 3. The highest BCUT2D eigenvalue weighted by atomic mass is 32.3. The summed E-state index contributed by atoms with van der Waals surface area (Å²) in [6.45, 7) is 3.86. The Bertz CT molecular complexity index is 686. The van der Waals surface area contributed by atoms with Gasteiger partial charge in [-0.05, 0) is 71.0 Å². The molecule has 25 heavy (non-hydrogen) atoms. The molecule has 0 spiro atoms. The van der Waals surface area contributed by atoms with E-state index in [1.165, 1.54) is 24.3 Å². The fourth-order valence-electron chi connectivity index (χ4n) is 2.97. The molecule has 3 nitrogen and oxygen atoms in total. The highest BCUT2D eigenvalue weighted by Gasteiger charge is 2.28. The van der Waals surface area contributed by atoms with E-state index in [4.69, 9.17) is 0 Å². The molecule has 2 aromatic carbocycles. The van der Waals surface area contributed by atoms with Gasteiger partial charge in [-0.3, -0.25) is 5.01 Å². The van der Waals surface area contributed by atoms with Crippen LogP contribution in [0, 0.1) is 11.6 Å². The van der Waals surface area contributed by atoms with E-state index in [1.54, 1.807) is 0 Å². The average molecular weight is 363 g/mol. The van der Waals surface area contributed by atoms with Crippen LogP contribution >= 0.6 is 10.0 Å². The smallest absolute Gasteiger partial charge is 0.123 e. The highest BCUT2D eigenvalue weighted by molar-refractivity contribution is 8.33. The summed E-state index contributed by atoms with van der Waals surface area (Å²) in [6.07, 6.45) is 5.12. The van der Waals surface area contributed by atoms with Crippen molar-refractivity contribution in [2.45, 2.75) is 23.1 Å². The summed E-state index contributed by atoms with van der Waals surface area (Å²) in [5, 5.41) is 6.55. The van der Waals surface area contributed by atoms with Gasteiger partial charge < -0.3 is 4.90 Å². The summed E-state index contributed by atoms with van der Waals surface area (Å²) >= 11 is 0. The summed E-state index contributed by atoms with van der Waals surface area (Å²) < 4.78 is 26.8. The molecule has 0 N–H and O–H groups in total. The van der Waals surface area contributed by atoms with Crippen molar-refractivity contribution in [1.82, 2.24) is 9.91 Å². The third-order valence-corrected chi connectivity index (χ3v) is 7.75. The van der Waals surface area contributed by atoms with Crippen molar-refractivity contribution in [2.75, 3.05) is 25.3 Å². The Hall–Kier alpha value is -2.08. The molecule has 0 radical (unpaired) electrons.